The monoisotopic (exact) mass is 198 g/mol. The Bertz CT molecular complexity index is 119. The lowest BCUT2D eigenvalue weighted by Gasteiger charge is -2.09. The lowest BCUT2D eigenvalue weighted by molar-refractivity contribution is 0.473. The van der Waals surface area contributed by atoms with Crippen LogP contribution in [0.25, 0.3) is 0 Å². The van der Waals surface area contributed by atoms with Crippen molar-refractivity contribution >= 4 is 0 Å². The second-order valence-electron chi connectivity index (χ2n) is 4.50. The second-order valence-corrected chi connectivity index (χ2v) is 4.50. The summed E-state index contributed by atoms with van der Waals surface area (Å²) in [6, 6.07) is 0. The Hall–Kier alpha value is -0.0800. The molecule has 0 bridgehead atoms. The summed E-state index contributed by atoms with van der Waals surface area (Å²) in [4.78, 5) is 0. The second kappa shape index (κ2) is 8.25. The molecule has 1 fully saturated rings. The van der Waals surface area contributed by atoms with Crippen LogP contribution in [0.2, 0.25) is 0 Å². The molecule has 0 saturated heterocycles. The van der Waals surface area contributed by atoms with Gasteiger partial charge in [0, 0.05) is 0 Å². The first-order valence-electron chi connectivity index (χ1n) is 6.29. The molecule has 1 aliphatic rings. The van der Waals surface area contributed by atoms with E-state index in [1.54, 1.807) is 0 Å². The van der Waals surface area contributed by atoms with Crippen molar-refractivity contribution in [2.75, 3.05) is 26.7 Å². The van der Waals surface area contributed by atoms with Crippen LogP contribution < -0.4 is 10.6 Å². The Morgan fingerprint density at radius 1 is 1.00 bits per heavy atom. The molecule has 14 heavy (non-hydrogen) atoms. The van der Waals surface area contributed by atoms with Crippen molar-refractivity contribution in [1.29, 1.82) is 0 Å². The molecule has 0 aromatic heterocycles. The molecule has 2 nitrogen and oxygen atoms in total. The molecule has 1 saturated carbocycles. The van der Waals surface area contributed by atoms with Gasteiger partial charge in [-0.25, -0.2) is 0 Å². The topological polar surface area (TPSA) is 24.1 Å². The van der Waals surface area contributed by atoms with E-state index in [4.69, 9.17) is 0 Å². The highest BCUT2D eigenvalue weighted by atomic mass is 14.8. The molecule has 0 aromatic rings. The van der Waals surface area contributed by atoms with Crippen molar-refractivity contribution in [3.8, 4) is 0 Å². The molecule has 0 amide bonds. The van der Waals surface area contributed by atoms with Gasteiger partial charge in [-0.1, -0.05) is 25.7 Å². The van der Waals surface area contributed by atoms with Crippen LogP contribution in [0.4, 0.5) is 0 Å². The smallest absolute Gasteiger partial charge is 0.00463 e. The Morgan fingerprint density at radius 3 is 2.43 bits per heavy atom. The van der Waals surface area contributed by atoms with Crippen LogP contribution in [-0.2, 0) is 0 Å². The van der Waals surface area contributed by atoms with Gasteiger partial charge in [0.2, 0.25) is 0 Å². The molecule has 2 heteroatoms. The van der Waals surface area contributed by atoms with E-state index in [-0.39, 0.29) is 0 Å². The minimum absolute atomic E-state index is 1.04. The first kappa shape index (κ1) is 12.0. The lowest BCUT2D eigenvalue weighted by atomic mass is 10.0. The summed E-state index contributed by atoms with van der Waals surface area (Å²) in [6.45, 7) is 3.60. The summed E-state index contributed by atoms with van der Waals surface area (Å²) in [5.74, 6) is 1.04. The number of nitrogens with one attached hydrogen (secondary N) is 2. The van der Waals surface area contributed by atoms with Gasteiger partial charge in [0.25, 0.3) is 0 Å². The van der Waals surface area contributed by atoms with Crippen LogP contribution in [0.5, 0.6) is 0 Å². The quantitative estimate of drug-likeness (QED) is 0.584. The first-order valence-corrected chi connectivity index (χ1v) is 6.29. The van der Waals surface area contributed by atoms with Gasteiger partial charge in [0.1, 0.15) is 0 Å². The van der Waals surface area contributed by atoms with Crippen LogP contribution in [0.1, 0.15) is 44.9 Å². The van der Waals surface area contributed by atoms with E-state index in [0.717, 1.165) is 12.5 Å². The van der Waals surface area contributed by atoms with Crippen molar-refractivity contribution in [3.63, 3.8) is 0 Å². The molecule has 1 rings (SSSR count). The van der Waals surface area contributed by atoms with Gasteiger partial charge < -0.3 is 10.6 Å². The zero-order chi connectivity index (χ0) is 10.1. The Labute approximate surface area is 88.8 Å². The fourth-order valence-corrected chi connectivity index (χ4v) is 2.28. The largest absolute Gasteiger partial charge is 0.320 e. The highest BCUT2D eigenvalue weighted by Crippen LogP contribution is 2.26. The average molecular weight is 198 g/mol. The molecular formula is C12H26N2. The molecule has 0 aromatic carbocycles. The van der Waals surface area contributed by atoms with E-state index in [0.29, 0.717) is 0 Å². The highest BCUT2D eigenvalue weighted by molar-refractivity contribution is 4.68. The van der Waals surface area contributed by atoms with E-state index in [1.807, 2.05) is 7.05 Å². The summed E-state index contributed by atoms with van der Waals surface area (Å²) in [5.41, 5.74) is 0. The maximum absolute atomic E-state index is 3.54. The molecular weight excluding hydrogens is 172 g/mol. The Balaban J connectivity index is 1.75. The molecule has 0 unspecified atom stereocenters. The standard InChI is InChI=1S/C12H26N2/c1-13-9-4-5-10-14-11-8-12-6-2-3-7-12/h12-14H,2-11H2,1H3. The van der Waals surface area contributed by atoms with Gasteiger partial charge in [-0.15, -0.1) is 0 Å². The Morgan fingerprint density at radius 2 is 1.71 bits per heavy atom. The number of unbranched alkanes of at least 4 members (excludes halogenated alkanes) is 1. The highest BCUT2D eigenvalue weighted by Gasteiger charge is 2.13. The summed E-state index contributed by atoms with van der Waals surface area (Å²) < 4.78 is 0. The average Bonchev–Trinajstić information content (AvgIpc) is 2.69. The van der Waals surface area contributed by atoms with Gasteiger partial charge in [0.15, 0.2) is 0 Å². The minimum atomic E-state index is 1.04. The maximum atomic E-state index is 3.54. The Kier molecular flexibility index (Phi) is 7.06. The van der Waals surface area contributed by atoms with E-state index >= 15 is 0 Å². The summed E-state index contributed by atoms with van der Waals surface area (Å²) in [6.07, 6.45) is 9.95. The van der Waals surface area contributed by atoms with E-state index in [2.05, 4.69) is 10.6 Å². The minimum Gasteiger partial charge on any atom is -0.320 e. The molecule has 0 heterocycles. The fraction of sp³-hybridized carbons (Fsp3) is 1.00. The van der Waals surface area contributed by atoms with Crippen molar-refractivity contribution in [2.45, 2.75) is 44.9 Å². The third-order valence-corrected chi connectivity index (χ3v) is 3.23. The predicted molar refractivity (Wildman–Crippen MR) is 62.6 cm³/mol. The van der Waals surface area contributed by atoms with Crippen molar-refractivity contribution in [3.05, 3.63) is 0 Å². The molecule has 1 aliphatic carbocycles. The van der Waals surface area contributed by atoms with Crippen LogP contribution in [0.15, 0.2) is 0 Å². The SMILES string of the molecule is CNCCCCNCCC1CCCC1. The number of rotatable bonds is 8. The normalized spacial score (nSPS) is 17.8. The number of hydrogen-bond acceptors (Lipinski definition) is 2. The van der Waals surface area contributed by atoms with Gasteiger partial charge >= 0.3 is 0 Å². The maximum Gasteiger partial charge on any atom is -0.00463 e. The zero-order valence-corrected chi connectivity index (χ0v) is 9.65. The third kappa shape index (κ3) is 5.61. The molecule has 0 radical (unpaired) electrons. The van der Waals surface area contributed by atoms with E-state index in [1.165, 1.54) is 58.0 Å². The van der Waals surface area contributed by atoms with Gasteiger partial charge in [0.05, 0.1) is 0 Å². The van der Waals surface area contributed by atoms with Crippen LogP contribution in [0, 0.1) is 5.92 Å². The van der Waals surface area contributed by atoms with Crippen LogP contribution in [0.3, 0.4) is 0 Å². The van der Waals surface area contributed by atoms with E-state index < -0.39 is 0 Å². The molecule has 0 aliphatic heterocycles. The van der Waals surface area contributed by atoms with Crippen LogP contribution in [-0.4, -0.2) is 26.7 Å². The molecule has 0 spiro atoms. The summed E-state index contributed by atoms with van der Waals surface area (Å²) >= 11 is 0. The fourth-order valence-electron chi connectivity index (χ4n) is 2.28. The lowest BCUT2D eigenvalue weighted by Crippen LogP contribution is -2.19. The van der Waals surface area contributed by atoms with Crippen LogP contribution >= 0.6 is 0 Å². The van der Waals surface area contributed by atoms with Gasteiger partial charge in [-0.2, -0.15) is 0 Å². The van der Waals surface area contributed by atoms with E-state index in [9.17, 15) is 0 Å². The van der Waals surface area contributed by atoms with Crippen molar-refractivity contribution in [2.24, 2.45) is 5.92 Å². The summed E-state index contributed by atoms with van der Waals surface area (Å²) in [7, 11) is 2.02. The molecule has 0 atom stereocenters. The summed E-state index contributed by atoms with van der Waals surface area (Å²) in [5, 5.41) is 6.72. The van der Waals surface area contributed by atoms with Crippen molar-refractivity contribution < 1.29 is 0 Å². The predicted octanol–water partition coefficient (Wildman–Crippen LogP) is 2.16. The van der Waals surface area contributed by atoms with Crippen molar-refractivity contribution in [1.82, 2.24) is 10.6 Å². The van der Waals surface area contributed by atoms with Gasteiger partial charge in [-0.05, 0) is 51.9 Å². The third-order valence-electron chi connectivity index (χ3n) is 3.23. The number of hydrogen-bond donors (Lipinski definition) is 2. The zero-order valence-electron chi connectivity index (χ0n) is 9.65. The molecule has 2 N–H and O–H groups in total. The molecule has 84 valence electrons. The first-order chi connectivity index (χ1) is 6.93. The van der Waals surface area contributed by atoms with Gasteiger partial charge in [-0.3, -0.25) is 0 Å².